The SMILES string of the molecule is CC1CCN(C(=O)c2cc(NCCCN(C)C)ccn2)CC1. The van der Waals surface area contributed by atoms with Crippen molar-refractivity contribution in [3.05, 3.63) is 24.0 Å². The average molecular weight is 304 g/mol. The van der Waals surface area contributed by atoms with Gasteiger partial charge in [-0.2, -0.15) is 0 Å². The minimum Gasteiger partial charge on any atom is -0.385 e. The smallest absolute Gasteiger partial charge is 0.272 e. The number of nitrogens with one attached hydrogen (secondary N) is 1. The summed E-state index contributed by atoms with van der Waals surface area (Å²) in [5, 5.41) is 3.37. The molecule has 1 saturated heterocycles. The van der Waals surface area contributed by atoms with Gasteiger partial charge in [0, 0.05) is 31.5 Å². The van der Waals surface area contributed by atoms with Gasteiger partial charge in [0.15, 0.2) is 0 Å². The van der Waals surface area contributed by atoms with E-state index in [1.165, 1.54) is 0 Å². The van der Waals surface area contributed by atoms with E-state index in [-0.39, 0.29) is 5.91 Å². The average Bonchev–Trinajstić information content (AvgIpc) is 2.52. The summed E-state index contributed by atoms with van der Waals surface area (Å²) in [6.07, 6.45) is 4.97. The lowest BCUT2D eigenvalue weighted by atomic mass is 9.99. The van der Waals surface area contributed by atoms with E-state index in [4.69, 9.17) is 0 Å². The highest BCUT2D eigenvalue weighted by atomic mass is 16.2. The Morgan fingerprint density at radius 3 is 2.82 bits per heavy atom. The lowest BCUT2D eigenvalue weighted by Crippen LogP contribution is -2.38. The molecule has 0 saturated carbocycles. The van der Waals surface area contributed by atoms with Crippen molar-refractivity contribution in [3.63, 3.8) is 0 Å². The summed E-state index contributed by atoms with van der Waals surface area (Å²) in [5.41, 5.74) is 1.52. The third kappa shape index (κ3) is 4.98. The van der Waals surface area contributed by atoms with E-state index in [1.807, 2.05) is 17.0 Å². The minimum atomic E-state index is 0.0591. The molecule has 1 aliphatic rings. The molecule has 0 radical (unpaired) electrons. The molecule has 5 heteroatoms. The van der Waals surface area contributed by atoms with E-state index in [9.17, 15) is 4.79 Å². The van der Waals surface area contributed by atoms with Gasteiger partial charge in [-0.3, -0.25) is 9.78 Å². The number of hydrogen-bond acceptors (Lipinski definition) is 4. The third-order valence-corrected chi connectivity index (χ3v) is 4.16. The van der Waals surface area contributed by atoms with E-state index < -0.39 is 0 Å². The molecule has 1 aromatic rings. The van der Waals surface area contributed by atoms with E-state index in [2.05, 4.69) is 36.2 Å². The minimum absolute atomic E-state index is 0.0591. The Labute approximate surface area is 133 Å². The summed E-state index contributed by atoms with van der Waals surface area (Å²) in [7, 11) is 4.14. The quantitative estimate of drug-likeness (QED) is 0.819. The molecule has 1 amide bonds. The first-order chi connectivity index (χ1) is 10.6. The lowest BCUT2D eigenvalue weighted by Gasteiger charge is -2.30. The molecule has 22 heavy (non-hydrogen) atoms. The maximum atomic E-state index is 12.5. The third-order valence-electron chi connectivity index (χ3n) is 4.16. The second-order valence-electron chi connectivity index (χ2n) is 6.49. The van der Waals surface area contributed by atoms with Crippen LogP contribution in [0, 0.1) is 5.92 Å². The first-order valence-corrected chi connectivity index (χ1v) is 8.20. The number of hydrogen-bond donors (Lipinski definition) is 1. The number of amides is 1. The van der Waals surface area contributed by atoms with Crippen molar-refractivity contribution in [2.24, 2.45) is 5.92 Å². The van der Waals surface area contributed by atoms with Crippen LogP contribution in [-0.4, -0.2) is 61.0 Å². The van der Waals surface area contributed by atoms with Gasteiger partial charge in [0.05, 0.1) is 0 Å². The Balaban J connectivity index is 1.88. The van der Waals surface area contributed by atoms with Crippen molar-refractivity contribution in [3.8, 4) is 0 Å². The van der Waals surface area contributed by atoms with E-state index >= 15 is 0 Å². The van der Waals surface area contributed by atoms with Crippen LogP contribution < -0.4 is 5.32 Å². The second-order valence-corrected chi connectivity index (χ2v) is 6.49. The van der Waals surface area contributed by atoms with Crippen LogP contribution in [-0.2, 0) is 0 Å². The van der Waals surface area contributed by atoms with Gasteiger partial charge < -0.3 is 15.1 Å². The van der Waals surface area contributed by atoms with Gasteiger partial charge in [0.25, 0.3) is 5.91 Å². The van der Waals surface area contributed by atoms with E-state index in [0.717, 1.165) is 57.0 Å². The molecule has 0 unspecified atom stereocenters. The van der Waals surface area contributed by atoms with Gasteiger partial charge in [-0.05, 0) is 58.0 Å². The maximum absolute atomic E-state index is 12.5. The van der Waals surface area contributed by atoms with Crippen LogP contribution in [0.25, 0.3) is 0 Å². The topological polar surface area (TPSA) is 48.5 Å². The van der Waals surface area contributed by atoms with Crippen molar-refractivity contribution in [2.45, 2.75) is 26.2 Å². The number of carbonyl (C=O) groups is 1. The first-order valence-electron chi connectivity index (χ1n) is 8.20. The van der Waals surface area contributed by atoms with Crippen LogP contribution in [0.5, 0.6) is 0 Å². The molecule has 0 spiro atoms. The van der Waals surface area contributed by atoms with Gasteiger partial charge in [-0.25, -0.2) is 0 Å². The molecule has 0 aliphatic carbocycles. The van der Waals surface area contributed by atoms with Crippen LogP contribution in [0.2, 0.25) is 0 Å². The van der Waals surface area contributed by atoms with Crippen LogP contribution >= 0.6 is 0 Å². The summed E-state index contributed by atoms with van der Waals surface area (Å²) in [5.74, 6) is 0.783. The molecular weight excluding hydrogens is 276 g/mol. The molecule has 122 valence electrons. The zero-order valence-corrected chi connectivity index (χ0v) is 14.0. The molecule has 1 fully saturated rings. The van der Waals surface area contributed by atoms with Gasteiger partial charge in [0.2, 0.25) is 0 Å². The summed E-state index contributed by atoms with van der Waals surface area (Å²) in [6, 6.07) is 3.79. The van der Waals surface area contributed by atoms with Crippen LogP contribution in [0.3, 0.4) is 0 Å². The number of carbonyl (C=O) groups excluding carboxylic acids is 1. The summed E-state index contributed by atoms with van der Waals surface area (Å²) in [6.45, 7) is 5.90. The fourth-order valence-corrected chi connectivity index (χ4v) is 2.66. The number of piperidine rings is 1. The number of pyridine rings is 1. The molecular formula is C17H28N4O. The predicted octanol–water partition coefficient (Wildman–Crippen LogP) is 2.32. The molecule has 5 nitrogen and oxygen atoms in total. The van der Waals surface area contributed by atoms with Crippen molar-refractivity contribution < 1.29 is 4.79 Å². The first kappa shape index (κ1) is 16.7. The van der Waals surface area contributed by atoms with Gasteiger partial charge in [-0.15, -0.1) is 0 Å². The fourth-order valence-electron chi connectivity index (χ4n) is 2.66. The number of anilines is 1. The normalized spacial score (nSPS) is 16.1. The van der Waals surface area contributed by atoms with Crippen molar-refractivity contribution >= 4 is 11.6 Å². The Morgan fingerprint density at radius 2 is 2.14 bits per heavy atom. The predicted molar refractivity (Wildman–Crippen MR) is 90.2 cm³/mol. The summed E-state index contributed by atoms with van der Waals surface area (Å²) < 4.78 is 0. The highest BCUT2D eigenvalue weighted by molar-refractivity contribution is 5.93. The number of rotatable bonds is 6. The Kier molecular flexibility index (Phi) is 6.19. The number of likely N-dealkylation sites (tertiary alicyclic amines) is 1. The van der Waals surface area contributed by atoms with Crippen molar-refractivity contribution in [1.82, 2.24) is 14.8 Å². The largest absolute Gasteiger partial charge is 0.385 e. The summed E-state index contributed by atoms with van der Waals surface area (Å²) in [4.78, 5) is 20.9. The van der Waals surface area contributed by atoms with Crippen molar-refractivity contribution in [1.29, 1.82) is 0 Å². The second kappa shape index (κ2) is 8.13. The molecule has 1 aromatic heterocycles. The van der Waals surface area contributed by atoms with Crippen molar-refractivity contribution in [2.75, 3.05) is 45.6 Å². The molecule has 0 aromatic carbocycles. The van der Waals surface area contributed by atoms with Gasteiger partial charge in [-0.1, -0.05) is 6.92 Å². The fraction of sp³-hybridized carbons (Fsp3) is 0.647. The van der Waals surface area contributed by atoms with E-state index in [0.29, 0.717) is 5.69 Å². The van der Waals surface area contributed by atoms with Gasteiger partial charge in [0.1, 0.15) is 5.69 Å². The zero-order valence-electron chi connectivity index (χ0n) is 14.0. The van der Waals surface area contributed by atoms with Crippen LogP contribution in [0.15, 0.2) is 18.3 Å². The lowest BCUT2D eigenvalue weighted by molar-refractivity contribution is 0.0691. The highest BCUT2D eigenvalue weighted by Gasteiger charge is 2.22. The monoisotopic (exact) mass is 304 g/mol. The van der Waals surface area contributed by atoms with Crippen LogP contribution in [0.4, 0.5) is 5.69 Å². The highest BCUT2D eigenvalue weighted by Crippen LogP contribution is 2.18. The molecule has 1 aliphatic heterocycles. The maximum Gasteiger partial charge on any atom is 0.272 e. The molecule has 2 heterocycles. The molecule has 0 bridgehead atoms. The number of nitrogens with zero attached hydrogens (tertiary/aromatic N) is 3. The van der Waals surface area contributed by atoms with E-state index in [1.54, 1.807) is 6.20 Å². The Hall–Kier alpha value is -1.62. The molecule has 0 atom stereocenters. The molecule has 2 rings (SSSR count). The standard InChI is InChI=1S/C17H28N4O/c1-14-6-11-21(12-7-14)17(22)16-13-15(5-9-19-16)18-8-4-10-20(2)3/h5,9,13-14H,4,6-8,10-12H2,1-3H3,(H,18,19). The molecule has 1 N–H and O–H groups in total. The van der Waals surface area contributed by atoms with Gasteiger partial charge >= 0.3 is 0 Å². The summed E-state index contributed by atoms with van der Waals surface area (Å²) >= 11 is 0. The zero-order chi connectivity index (χ0) is 15.9. The van der Waals surface area contributed by atoms with Crippen LogP contribution in [0.1, 0.15) is 36.7 Å². The number of aromatic nitrogens is 1. The Morgan fingerprint density at radius 1 is 1.41 bits per heavy atom. The Bertz CT molecular complexity index is 481.